The molecule has 1 saturated heterocycles. The zero-order valence-corrected chi connectivity index (χ0v) is 18.3. The molecule has 0 bridgehead atoms. The van der Waals surface area contributed by atoms with Crippen molar-refractivity contribution in [1.82, 2.24) is 33.5 Å². The molecule has 1 fully saturated rings. The topological polar surface area (TPSA) is 89.2 Å². The molecule has 0 radical (unpaired) electrons. The van der Waals surface area contributed by atoms with Crippen LogP contribution in [0.1, 0.15) is 6.92 Å². The van der Waals surface area contributed by atoms with Crippen LogP contribution in [0.5, 0.6) is 0 Å². The van der Waals surface area contributed by atoms with Crippen molar-refractivity contribution in [2.45, 2.75) is 25.0 Å². The minimum absolute atomic E-state index is 0.226. The van der Waals surface area contributed by atoms with Crippen LogP contribution in [-0.2, 0) is 23.2 Å². The van der Waals surface area contributed by atoms with E-state index < -0.39 is 10.0 Å². The van der Waals surface area contributed by atoms with Crippen LogP contribution in [0.15, 0.2) is 53.9 Å². The number of aromatic nitrogens is 5. The van der Waals surface area contributed by atoms with Gasteiger partial charge in [-0.1, -0.05) is 0 Å². The highest BCUT2D eigenvalue weighted by Crippen LogP contribution is 2.19. The number of sulfonamides is 1. The lowest BCUT2D eigenvalue weighted by molar-refractivity contribution is 0.144. The molecule has 158 valence electrons. The zero-order valence-electron chi connectivity index (χ0n) is 16.6. The van der Waals surface area contributed by atoms with Crippen LogP contribution >= 0.6 is 12.2 Å². The first kappa shape index (κ1) is 20.8. The lowest BCUT2D eigenvalue weighted by Crippen LogP contribution is -2.48. The van der Waals surface area contributed by atoms with Gasteiger partial charge in [-0.3, -0.25) is 14.9 Å². The standard InChI is InChI=1S/C19H23N7O2S2/c1-2-25-18(16-5-8-20-9-6-16)22-26(19(25)29)15-23-10-12-24(13-11-23)30(27,28)17-4-3-7-21-14-17/h3-9,14H,2,10-13,15H2,1H3. The van der Waals surface area contributed by atoms with Gasteiger partial charge in [-0.05, 0) is 43.4 Å². The molecule has 0 saturated carbocycles. The quantitative estimate of drug-likeness (QED) is 0.535. The van der Waals surface area contributed by atoms with Gasteiger partial charge in [0.25, 0.3) is 0 Å². The summed E-state index contributed by atoms with van der Waals surface area (Å²) in [6.45, 7) is 5.30. The Hall–Kier alpha value is -2.47. The van der Waals surface area contributed by atoms with Gasteiger partial charge in [-0.15, -0.1) is 0 Å². The molecule has 4 heterocycles. The summed E-state index contributed by atoms with van der Waals surface area (Å²) in [5.74, 6) is 0.808. The second kappa shape index (κ2) is 8.72. The summed E-state index contributed by atoms with van der Waals surface area (Å²) in [5, 5.41) is 4.73. The van der Waals surface area contributed by atoms with Gasteiger partial charge in [0.15, 0.2) is 10.6 Å². The Morgan fingerprint density at radius 3 is 2.40 bits per heavy atom. The average molecular weight is 446 g/mol. The van der Waals surface area contributed by atoms with E-state index in [1.807, 2.05) is 23.6 Å². The van der Waals surface area contributed by atoms with Crippen molar-refractivity contribution in [3.8, 4) is 11.4 Å². The molecule has 30 heavy (non-hydrogen) atoms. The van der Waals surface area contributed by atoms with Crippen LogP contribution in [0.4, 0.5) is 0 Å². The van der Waals surface area contributed by atoms with E-state index in [0.29, 0.717) is 44.2 Å². The van der Waals surface area contributed by atoms with Crippen molar-refractivity contribution in [3.05, 3.63) is 53.8 Å². The Morgan fingerprint density at radius 1 is 1.03 bits per heavy atom. The predicted octanol–water partition coefficient (Wildman–Crippen LogP) is 1.85. The van der Waals surface area contributed by atoms with Crippen molar-refractivity contribution in [3.63, 3.8) is 0 Å². The summed E-state index contributed by atoms with van der Waals surface area (Å²) in [4.78, 5) is 10.4. The summed E-state index contributed by atoms with van der Waals surface area (Å²) in [6, 6.07) is 7.03. The molecule has 0 amide bonds. The molecule has 0 atom stereocenters. The minimum Gasteiger partial charge on any atom is -0.300 e. The maximum absolute atomic E-state index is 12.8. The molecule has 0 aliphatic carbocycles. The molecule has 11 heteroatoms. The summed E-state index contributed by atoms with van der Waals surface area (Å²) in [5.41, 5.74) is 0.962. The molecule has 0 N–H and O–H groups in total. The number of pyridine rings is 2. The molecule has 1 aliphatic rings. The lowest BCUT2D eigenvalue weighted by atomic mass is 10.2. The highest BCUT2D eigenvalue weighted by atomic mass is 32.2. The molecule has 0 aromatic carbocycles. The van der Waals surface area contributed by atoms with Crippen molar-refractivity contribution in [2.75, 3.05) is 26.2 Å². The van der Waals surface area contributed by atoms with Gasteiger partial charge in [-0.2, -0.15) is 9.40 Å². The molecule has 0 spiro atoms. The third-order valence-corrected chi connectivity index (χ3v) is 7.43. The molecule has 3 aromatic rings. The van der Waals surface area contributed by atoms with Gasteiger partial charge in [-0.25, -0.2) is 13.1 Å². The van der Waals surface area contributed by atoms with E-state index >= 15 is 0 Å². The molecule has 0 unspecified atom stereocenters. The Bertz CT molecular complexity index is 1150. The average Bonchev–Trinajstić information content (AvgIpc) is 3.10. The monoisotopic (exact) mass is 445 g/mol. The molecule has 3 aromatic heterocycles. The van der Waals surface area contributed by atoms with E-state index in [4.69, 9.17) is 17.3 Å². The first-order valence-electron chi connectivity index (χ1n) is 9.71. The Balaban J connectivity index is 1.47. The predicted molar refractivity (Wildman–Crippen MR) is 115 cm³/mol. The maximum Gasteiger partial charge on any atom is 0.244 e. The summed E-state index contributed by atoms with van der Waals surface area (Å²) >= 11 is 5.63. The maximum atomic E-state index is 12.8. The molecule has 9 nitrogen and oxygen atoms in total. The van der Waals surface area contributed by atoms with Crippen molar-refractivity contribution < 1.29 is 8.42 Å². The van der Waals surface area contributed by atoms with Gasteiger partial charge in [0, 0.05) is 63.1 Å². The van der Waals surface area contributed by atoms with Crippen molar-refractivity contribution in [2.24, 2.45) is 0 Å². The molecular formula is C19H23N7O2S2. The van der Waals surface area contributed by atoms with Crippen molar-refractivity contribution >= 4 is 22.2 Å². The third-order valence-electron chi connectivity index (χ3n) is 5.11. The van der Waals surface area contributed by atoms with E-state index in [9.17, 15) is 8.42 Å². The Labute approximate surface area is 180 Å². The highest BCUT2D eigenvalue weighted by Gasteiger charge is 2.29. The SMILES string of the molecule is CCn1c(-c2ccncc2)nn(CN2CCN(S(=O)(=O)c3cccnc3)CC2)c1=S. The van der Waals surface area contributed by atoms with Crippen LogP contribution in [0.25, 0.3) is 11.4 Å². The van der Waals surface area contributed by atoms with Crippen LogP contribution in [-0.4, -0.2) is 68.1 Å². The third kappa shape index (κ3) is 4.06. The van der Waals surface area contributed by atoms with E-state index in [1.165, 1.54) is 10.5 Å². The summed E-state index contributed by atoms with van der Waals surface area (Å²) < 4.78 is 31.5. The highest BCUT2D eigenvalue weighted by molar-refractivity contribution is 7.89. The minimum atomic E-state index is -3.52. The number of hydrogen-bond acceptors (Lipinski definition) is 7. The molecule has 4 rings (SSSR count). The first-order valence-corrected chi connectivity index (χ1v) is 11.6. The summed E-state index contributed by atoms with van der Waals surface area (Å²) in [6.07, 6.45) is 6.42. The van der Waals surface area contributed by atoms with Gasteiger partial charge in [0.1, 0.15) is 4.90 Å². The largest absolute Gasteiger partial charge is 0.300 e. The van der Waals surface area contributed by atoms with Crippen LogP contribution in [0.2, 0.25) is 0 Å². The Morgan fingerprint density at radius 2 is 1.77 bits per heavy atom. The van der Waals surface area contributed by atoms with Gasteiger partial charge < -0.3 is 4.57 Å². The van der Waals surface area contributed by atoms with E-state index in [0.717, 1.165) is 11.4 Å². The molecule has 1 aliphatic heterocycles. The number of rotatable bonds is 6. The zero-order chi connectivity index (χ0) is 21.1. The summed E-state index contributed by atoms with van der Waals surface area (Å²) in [7, 11) is -3.52. The normalized spacial score (nSPS) is 16.0. The van der Waals surface area contributed by atoms with Crippen molar-refractivity contribution in [1.29, 1.82) is 0 Å². The van der Waals surface area contributed by atoms with E-state index in [1.54, 1.807) is 35.4 Å². The molecular weight excluding hydrogens is 422 g/mol. The lowest BCUT2D eigenvalue weighted by Gasteiger charge is -2.33. The van der Waals surface area contributed by atoms with Gasteiger partial charge in [0.2, 0.25) is 10.0 Å². The van der Waals surface area contributed by atoms with Gasteiger partial charge in [0.05, 0.1) is 6.67 Å². The second-order valence-corrected chi connectivity index (χ2v) is 9.24. The van der Waals surface area contributed by atoms with Crippen LogP contribution in [0, 0.1) is 4.77 Å². The Kier molecular flexibility index (Phi) is 6.04. The fraction of sp³-hybridized carbons (Fsp3) is 0.368. The van der Waals surface area contributed by atoms with Gasteiger partial charge >= 0.3 is 0 Å². The smallest absolute Gasteiger partial charge is 0.244 e. The number of nitrogens with zero attached hydrogens (tertiary/aromatic N) is 7. The number of hydrogen-bond donors (Lipinski definition) is 0. The fourth-order valence-electron chi connectivity index (χ4n) is 3.48. The van der Waals surface area contributed by atoms with E-state index in [-0.39, 0.29) is 4.90 Å². The van der Waals surface area contributed by atoms with Crippen LogP contribution in [0.3, 0.4) is 0 Å². The second-order valence-electron chi connectivity index (χ2n) is 6.94. The number of piperazine rings is 1. The van der Waals surface area contributed by atoms with E-state index in [2.05, 4.69) is 14.9 Å². The van der Waals surface area contributed by atoms with Crippen LogP contribution < -0.4 is 0 Å². The fourth-order valence-corrected chi connectivity index (χ4v) is 5.18. The first-order chi connectivity index (χ1) is 14.5.